The Labute approximate surface area is 468 Å². The Kier molecular flexibility index (Phi) is 48.7. The van der Waals surface area contributed by atoms with E-state index in [9.17, 15) is 35.1 Å². The third-order valence-corrected chi connectivity index (χ3v) is 13.4. The zero-order valence-corrected chi connectivity index (χ0v) is 48.3. The first-order valence-electron chi connectivity index (χ1n) is 30.3. The zero-order valence-electron chi connectivity index (χ0n) is 48.3. The summed E-state index contributed by atoms with van der Waals surface area (Å²) in [6.07, 6.45) is 62.4. The number of amides is 1. The number of aliphatic hydroxyl groups is 5. The molecule has 1 rings (SSSR count). The van der Waals surface area contributed by atoms with E-state index >= 15 is 0 Å². The molecule has 0 aliphatic carbocycles. The third kappa shape index (κ3) is 40.8. The minimum Gasteiger partial charge on any atom is -0.454 e. The van der Waals surface area contributed by atoms with Crippen LogP contribution in [0.25, 0.3) is 0 Å². The quantitative estimate of drug-likeness (QED) is 0.0195. The summed E-state index contributed by atoms with van der Waals surface area (Å²) in [5, 5.41) is 56.8. The van der Waals surface area contributed by atoms with E-state index in [2.05, 4.69) is 123 Å². The van der Waals surface area contributed by atoms with Crippen LogP contribution >= 0.6 is 0 Å². The maximum absolute atomic E-state index is 13.4. The molecule has 77 heavy (non-hydrogen) atoms. The largest absolute Gasteiger partial charge is 0.454 e. The molecule has 0 bridgehead atoms. The van der Waals surface area contributed by atoms with E-state index in [1.54, 1.807) is 6.08 Å². The lowest BCUT2D eigenvalue weighted by Gasteiger charge is -2.41. The molecule has 6 N–H and O–H groups in total. The number of aliphatic hydroxyl groups excluding tert-OH is 5. The number of unbranched alkanes of at least 4 members (excludes halogenated alkanes) is 17. The van der Waals surface area contributed by atoms with Crippen LogP contribution in [0.2, 0.25) is 0 Å². The van der Waals surface area contributed by atoms with Gasteiger partial charge in [0, 0.05) is 6.42 Å². The highest BCUT2D eigenvalue weighted by molar-refractivity contribution is 5.80. The highest BCUT2D eigenvalue weighted by atomic mass is 16.7. The summed E-state index contributed by atoms with van der Waals surface area (Å²) >= 11 is 0. The lowest BCUT2D eigenvalue weighted by Crippen LogP contribution is -2.61. The van der Waals surface area contributed by atoms with Crippen LogP contribution in [-0.2, 0) is 23.8 Å². The summed E-state index contributed by atoms with van der Waals surface area (Å²) in [5.74, 6) is -1.28. The van der Waals surface area contributed by atoms with Crippen molar-refractivity contribution in [2.75, 3.05) is 13.2 Å². The summed E-state index contributed by atoms with van der Waals surface area (Å²) in [4.78, 5) is 26.5. The predicted octanol–water partition coefficient (Wildman–Crippen LogP) is 14.3. The Morgan fingerprint density at radius 2 is 0.935 bits per heavy atom. The van der Waals surface area contributed by atoms with E-state index < -0.39 is 67.4 Å². The Balaban J connectivity index is 2.73. The monoisotopic (exact) mass is 1080 g/mol. The van der Waals surface area contributed by atoms with Crippen molar-refractivity contribution >= 4 is 11.9 Å². The molecule has 0 aromatic heterocycles. The molecule has 0 radical (unpaired) electrons. The van der Waals surface area contributed by atoms with E-state index in [1.165, 1.54) is 57.8 Å². The molecular formula is C66H109NO10. The van der Waals surface area contributed by atoms with Crippen molar-refractivity contribution in [2.45, 2.75) is 269 Å². The third-order valence-electron chi connectivity index (χ3n) is 13.4. The Morgan fingerprint density at radius 3 is 1.43 bits per heavy atom. The van der Waals surface area contributed by atoms with Gasteiger partial charge < -0.3 is 45.1 Å². The van der Waals surface area contributed by atoms with E-state index in [-0.39, 0.29) is 19.4 Å². The fourth-order valence-corrected chi connectivity index (χ4v) is 8.55. The standard InChI is InChI=1S/C66H109NO10/c1-4-7-10-13-16-19-22-24-26-28-29-30-31-32-34-36-39-42-45-48-51-54-61(71)77-64-63(73)62(72)60(55-68)76-66(64)75-56-57(58(69)52-49-46-43-40-37-21-18-15-12-9-6-3)67-65(74)59(70)53-50-47-44-41-38-35-33-27-25-23-20-17-14-11-8-5-2/h7,10,16-17,19-20,24-27,29-30,32,34-35,38,44,47,49,52,57-60,62-64,66,68-70,72-73H,4-6,8-9,11-15,18,21-23,28,31,33,36-37,39-43,45-46,48,50-51,53-56H2,1-3H3,(H,67,74)/b10-7-,19-16-,20-17-,26-24-,27-25-,30-29-,34-32-,38-35-,47-44-,52-49+. The first-order valence-corrected chi connectivity index (χ1v) is 30.3. The molecule has 8 atom stereocenters. The number of esters is 1. The molecular weight excluding hydrogens is 967 g/mol. The number of rotatable bonds is 49. The van der Waals surface area contributed by atoms with Gasteiger partial charge in [-0.3, -0.25) is 9.59 Å². The van der Waals surface area contributed by atoms with Gasteiger partial charge in [-0.25, -0.2) is 0 Å². The van der Waals surface area contributed by atoms with Crippen molar-refractivity contribution in [3.05, 3.63) is 122 Å². The highest BCUT2D eigenvalue weighted by Crippen LogP contribution is 2.26. The average Bonchev–Trinajstić information content (AvgIpc) is 3.43. The number of carbonyl (C=O) groups is 2. The molecule has 0 spiro atoms. The molecule has 11 heteroatoms. The molecule has 0 aromatic rings. The molecule has 11 nitrogen and oxygen atoms in total. The summed E-state index contributed by atoms with van der Waals surface area (Å²) < 4.78 is 17.6. The summed E-state index contributed by atoms with van der Waals surface area (Å²) in [6.45, 7) is 5.57. The lowest BCUT2D eigenvalue weighted by atomic mass is 9.99. The van der Waals surface area contributed by atoms with Crippen LogP contribution in [0.4, 0.5) is 0 Å². The van der Waals surface area contributed by atoms with E-state index in [0.29, 0.717) is 12.8 Å². The van der Waals surface area contributed by atoms with E-state index in [1.807, 2.05) is 18.2 Å². The number of nitrogens with one attached hydrogen (secondary N) is 1. The molecule has 1 aliphatic rings. The Bertz CT molecular complexity index is 1710. The number of ether oxygens (including phenoxy) is 3. The van der Waals surface area contributed by atoms with Gasteiger partial charge in [-0.2, -0.15) is 0 Å². The molecule has 1 fully saturated rings. The van der Waals surface area contributed by atoms with Crippen LogP contribution in [-0.4, -0.2) is 99.6 Å². The lowest BCUT2D eigenvalue weighted by molar-refractivity contribution is -0.305. The van der Waals surface area contributed by atoms with E-state index in [0.717, 1.165) is 116 Å². The Hall–Kier alpha value is -3.94. The summed E-state index contributed by atoms with van der Waals surface area (Å²) in [5.41, 5.74) is 0. The number of hydrogen-bond donors (Lipinski definition) is 6. The van der Waals surface area contributed by atoms with Gasteiger partial charge in [0.15, 0.2) is 12.4 Å². The predicted molar refractivity (Wildman–Crippen MR) is 319 cm³/mol. The van der Waals surface area contributed by atoms with Crippen molar-refractivity contribution < 1.29 is 49.3 Å². The number of carbonyl (C=O) groups excluding carboxylic acids is 2. The highest BCUT2D eigenvalue weighted by Gasteiger charge is 2.47. The van der Waals surface area contributed by atoms with Crippen LogP contribution in [0.3, 0.4) is 0 Å². The van der Waals surface area contributed by atoms with Gasteiger partial charge in [0.2, 0.25) is 5.91 Å². The van der Waals surface area contributed by atoms with Gasteiger partial charge in [-0.1, -0.05) is 226 Å². The van der Waals surface area contributed by atoms with Gasteiger partial charge in [-0.15, -0.1) is 0 Å². The minimum absolute atomic E-state index is 0.0876. The summed E-state index contributed by atoms with van der Waals surface area (Å²) in [6, 6.07) is -1.06. The van der Waals surface area contributed by atoms with Crippen molar-refractivity contribution in [1.29, 1.82) is 0 Å². The van der Waals surface area contributed by atoms with Gasteiger partial charge in [0.05, 0.1) is 25.4 Å². The molecule has 0 saturated carbocycles. The molecule has 1 saturated heterocycles. The fraction of sp³-hybridized carbons (Fsp3) is 0.667. The fourth-order valence-electron chi connectivity index (χ4n) is 8.55. The first kappa shape index (κ1) is 71.1. The molecule has 438 valence electrons. The molecule has 8 unspecified atom stereocenters. The van der Waals surface area contributed by atoms with Gasteiger partial charge in [0.25, 0.3) is 0 Å². The van der Waals surface area contributed by atoms with Gasteiger partial charge >= 0.3 is 5.97 Å². The maximum atomic E-state index is 13.4. The van der Waals surface area contributed by atoms with Crippen molar-refractivity contribution in [3.63, 3.8) is 0 Å². The topological polar surface area (TPSA) is 175 Å². The average molecular weight is 1080 g/mol. The SMILES string of the molecule is CC/C=C\C/C=C\C/C=C\C/C=C\C/C=C\CCCCCCCC(=O)OC1C(OCC(NC(=O)C(O)CC/C=C\C/C=C\C/C=C\C/C=C\CCCCC)C(O)/C=C/CCCCCCCCCCC)OC(CO)C(O)C1O. The van der Waals surface area contributed by atoms with E-state index in [4.69, 9.17) is 14.2 Å². The van der Waals surface area contributed by atoms with Crippen molar-refractivity contribution in [2.24, 2.45) is 0 Å². The minimum atomic E-state index is -1.64. The normalized spacial score (nSPS) is 19.9. The molecule has 0 aromatic carbocycles. The second-order valence-corrected chi connectivity index (χ2v) is 20.3. The van der Waals surface area contributed by atoms with Gasteiger partial charge in [-0.05, 0) is 109 Å². The van der Waals surface area contributed by atoms with Crippen LogP contribution in [0, 0.1) is 0 Å². The van der Waals surface area contributed by atoms with Gasteiger partial charge in [0.1, 0.15) is 24.4 Å². The number of allylic oxidation sites excluding steroid dienone is 19. The van der Waals surface area contributed by atoms with Crippen LogP contribution in [0.1, 0.15) is 220 Å². The Morgan fingerprint density at radius 1 is 0.519 bits per heavy atom. The second kappa shape index (κ2) is 52.7. The zero-order chi connectivity index (χ0) is 56.1. The molecule has 1 aliphatic heterocycles. The second-order valence-electron chi connectivity index (χ2n) is 20.3. The maximum Gasteiger partial charge on any atom is 0.306 e. The molecule has 1 amide bonds. The van der Waals surface area contributed by atoms with Crippen LogP contribution in [0.15, 0.2) is 122 Å². The first-order chi connectivity index (χ1) is 37.7. The summed E-state index contributed by atoms with van der Waals surface area (Å²) in [7, 11) is 0. The van der Waals surface area contributed by atoms with Crippen molar-refractivity contribution in [3.8, 4) is 0 Å². The van der Waals surface area contributed by atoms with Crippen LogP contribution < -0.4 is 5.32 Å². The molecule has 1 heterocycles. The smallest absolute Gasteiger partial charge is 0.306 e. The van der Waals surface area contributed by atoms with Crippen molar-refractivity contribution in [1.82, 2.24) is 5.32 Å². The van der Waals surface area contributed by atoms with Crippen LogP contribution in [0.5, 0.6) is 0 Å². The number of hydrogen-bond acceptors (Lipinski definition) is 10.